The van der Waals surface area contributed by atoms with Crippen molar-refractivity contribution in [1.82, 2.24) is 4.90 Å². The molecule has 1 fully saturated rings. The molecule has 1 amide bonds. The number of benzene rings is 1. The quantitative estimate of drug-likeness (QED) is 0.799. The monoisotopic (exact) mass is 232 g/mol. The number of nitriles is 1. The van der Waals surface area contributed by atoms with Crippen molar-refractivity contribution in [1.29, 1.82) is 5.26 Å². The molecule has 0 aromatic heterocycles. The van der Waals surface area contributed by atoms with Gasteiger partial charge in [-0.05, 0) is 31.0 Å². The first-order valence-corrected chi connectivity index (χ1v) is 5.66. The lowest BCUT2D eigenvalue weighted by Crippen LogP contribution is -2.33. The molecule has 4 heteroatoms. The Hall–Kier alpha value is -1.89. The van der Waals surface area contributed by atoms with Gasteiger partial charge in [0.05, 0.1) is 12.5 Å². The van der Waals surface area contributed by atoms with E-state index in [1.807, 2.05) is 6.07 Å². The SMILES string of the molecule is N#CCCN(C(=O)c1cccc(F)c1)C1CC1. The number of amides is 1. The van der Waals surface area contributed by atoms with Gasteiger partial charge in [-0.15, -0.1) is 0 Å². The summed E-state index contributed by atoms with van der Waals surface area (Å²) in [6, 6.07) is 7.95. The maximum Gasteiger partial charge on any atom is 0.254 e. The van der Waals surface area contributed by atoms with Crippen molar-refractivity contribution in [3.05, 3.63) is 35.6 Å². The van der Waals surface area contributed by atoms with Crippen LogP contribution in [0.15, 0.2) is 24.3 Å². The standard InChI is InChI=1S/C13H13FN2O/c14-11-4-1-3-10(9-11)13(17)16(8-2-7-15)12-5-6-12/h1,3-4,9,12H,2,5-6,8H2. The van der Waals surface area contributed by atoms with Gasteiger partial charge in [0.1, 0.15) is 5.82 Å². The molecule has 0 heterocycles. The third kappa shape index (κ3) is 2.82. The first-order chi connectivity index (χ1) is 8.22. The van der Waals surface area contributed by atoms with E-state index in [1.165, 1.54) is 18.2 Å². The molecule has 0 atom stereocenters. The summed E-state index contributed by atoms with van der Waals surface area (Å²) in [5, 5.41) is 8.57. The van der Waals surface area contributed by atoms with Crippen molar-refractivity contribution in [3.63, 3.8) is 0 Å². The summed E-state index contributed by atoms with van der Waals surface area (Å²) >= 11 is 0. The Morgan fingerprint density at radius 2 is 2.29 bits per heavy atom. The van der Waals surface area contributed by atoms with E-state index in [-0.39, 0.29) is 11.9 Å². The largest absolute Gasteiger partial charge is 0.335 e. The van der Waals surface area contributed by atoms with Gasteiger partial charge in [-0.3, -0.25) is 4.79 Å². The highest BCUT2D eigenvalue weighted by Gasteiger charge is 2.32. The minimum Gasteiger partial charge on any atom is -0.335 e. The molecule has 1 aliphatic carbocycles. The minimum atomic E-state index is -0.410. The molecule has 1 saturated carbocycles. The summed E-state index contributed by atoms with van der Waals surface area (Å²) in [4.78, 5) is 13.8. The molecule has 0 unspecified atom stereocenters. The fraction of sp³-hybridized carbons (Fsp3) is 0.385. The second kappa shape index (κ2) is 4.96. The maximum absolute atomic E-state index is 13.0. The van der Waals surface area contributed by atoms with Crippen LogP contribution in [0.3, 0.4) is 0 Å². The lowest BCUT2D eigenvalue weighted by atomic mass is 10.2. The van der Waals surface area contributed by atoms with Crippen LogP contribution in [0, 0.1) is 17.1 Å². The van der Waals surface area contributed by atoms with Gasteiger partial charge < -0.3 is 4.90 Å². The normalized spacial score (nSPS) is 14.1. The van der Waals surface area contributed by atoms with E-state index < -0.39 is 5.82 Å². The highest BCUT2D eigenvalue weighted by molar-refractivity contribution is 5.94. The van der Waals surface area contributed by atoms with Crippen LogP contribution in [-0.2, 0) is 0 Å². The van der Waals surface area contributed by atoms with Crippen LogP contribution in [0.4, 0.5) is 4.39 Å². The lowest BCUT2D eigenvalue weighted by Gasteiger charge is -2.21. The number of halogens is 1. The Morgan fingerprint density at radius 3 is 2.88 bits per heavy atom. The van der Waals surface area contributed by atoms with E-state index in [2.05, 4.69) is 0 Å². The van der Waals surface area contributed by atoms with E-state index in [4.69, 9.17) is 5.26 Å². The van der Waals surface area contributed by atoms with Crippen LogP contribution in [-0.4, -0.2) is 23.4 Å². The van der Waals surface area contributed by atoms with E-state index >= 15 is 0 Å². The highest BCUT2D eigenvalue weighted by atomic mass is 19.1. The van der Waals surface area contributed by atoms with Crippen molar-refractivity contribution in [2.24, 2.45) is 0 Å². The molecular formula is C13H13FN2O. The van der Waals surface area contributed by atoms with Crippen molar-refractivity contribution in [2.75, 3.05) is 6.54 Å². The molecule has 1 aromatic rings. The molecule has 0 aliphatic heterocycles. The van der Waals surface area contributed by atoms with E-state index in [0.29, 0.717) is 18.5 Å². The number of rotatable bonds is 4. The fourth-order valence-electron chi connectivity index (χ4n) is 1.79. The van der Waals surface area contributed by atoms with Gasteiger partial charge in [-0.1, -0.05) is 6.07 Å². The molecule has 1 aliphatic rings. The zero-order valence-electron chi connectivity index (χ0n) is 9.40. The van der Waals surface area contributed by atoms with Crippen LogP contribution in [0.5, 0.6) is 0 Å². The van der Waals surface area contributed by atoms with E-state index in [1.54, 1.807) is 11.0 Å². The average molecular weight is 232 g/mol. The molecule has 3 nitrogen and oxygen atoms in total. The molecule has 1 aromatic carbocycles. The van der Waals surface area contributed by atoms with Gasteiger partial charge in [-0.25, -0.2) is 4.39 Å². The smallest absolute Gasteiger partial charge is 0.254 e. The number of hydrogen-bond donors (Lipinski definition) is 0. The van der Waals surface area contributed by atoms with Crippen molar-refractivity contribution >= 4 is 5.91 Å². The molecule has 88 valence electrons. The Labute approximate surface area is 99.5 Å². The van der Waals surface area contributed by atoms with Crippen LogP contribution in [0.25, 0.3) is 0 Å². The molecule has 17 heavy (non-hydrogen) atoms. The Balaban J connectivity index is 2.13. The van der Waals surface area contributed by atoms with Gasteiger partial charge in [0.2, 0.25) is 0 Å². The van der Waals surface area contributed by atoms with Gasteiger partial charge >= 0.3 is 0 Å². The molecule has 2 rings (SSSR count). The molecule has 0 bridgehead atoms. The maximum atomic E-state index is 13.0. The molecule has 0 spiro atoms. The zero-order chi connectivity index (χ0) is 12.3. The average Bonchev–Trinajstić information content (AvgIpc) is 3.14. The van der Waals surface area contributed by atoms with Gasteiger partial charge in [0.15, 0.2) is 0 Å². The highest BCUT2D eigenvalue weighted by Crippen LogP contribution is 2.28. The minimum absolute atomic E-state index is 0.178. The third-order valence-electron chi connectivity index (χ3n) is 2.78. The van der Waals surface area contributed by atoms with Crippen LogP contribution < -0.4 is 0 Å². The Kier molecular flexibility index (Phi) is 3.38. The predicted octanol–water partition coefficient (Wildman–Crippen LogP) is 2.34. The molecular weight excluding hydrogens is 219 g/mol. The van der Waals surface area contributed by atoms with Crippen molar-refractivity contribution in [3.8, 4) is 6.07 Å². The third-order valence-corrected chi connectivity index (χ3v) is 2.78. The van der Waals surface area contributed by atoms with Gasteiger partial charge in [0, 0.05) is 18.2 Å². The zero-order valence-corrected chi connectivity index (χ0v) is 9.40. The van der Waals surface area contributed by atoms with Crippen molar-refractivity contribution in [2.45, 2.75) is 25.3 Å². The first-order valence-electron chi connectivity index (χ1n) is 5.66. The lowest BCUT2D eigenvalue weighted by molar-refractivity contribution is 0.0746. The molecule has 0 radical (unpaired) electrons. The van der Waals surface area contributed by atoms with Crippen LogP contribution >= 0.6 is 0 Å². The second-order valence-corrected chi connectivity index (χ2v) is 4.15. The Morgan fingerprint density at radius 1 is 1.53 bits per heavy atom. The summed E-state index contributed by atoms with van der Waals surface area (Å²) in [7, 11) is 0. The second-order valence-electron chi connectivity index (χ2n) is 4.15. The van der Waals surface area contributed by atoms with E-state index in [0.717, 1.165) is 12.8 Å². The van der Waals surface area contributed by atoms with Crippen LogP contribution in [0.1, 0.15) is 29.6 Å². The topological polar surface area (TPSA) is 44.1 Å². The van der Waals surface area contributed by atoms with Crippen molar-refractivity contribution < 1.29 is 9.18 Å². The predicted molar refractivity (Wildman–Crippen MR) is 60.7 cm³/mol. The Bertz CT molecular complexity index is 463. The first kappa shape index (κ1) is 11.6. The van der Waals surface area contributed by atoms with Gasteiger partial charge in [-0.2, -0.15) is 5.26 Å². The van der Waals surface area contributed by atoms with E-state index in [9.17, 15) is 9.18 Å². The number of nitrogens with zero attached hydrogens (tertiary/aromatic N) is 2. The molecule has 0 saturated heterocycles. The summed E-state index contributed by atoms with van der Waals surface area (Å²) in [5.74, 6) is -0.589. The summed E-state index contributed by atoms with van der Waals surface area (Å²) in [6.07, 6.45) is 2.27. The number of carbonyl (C=O) groups is 1. The fourth-order valence-corrected chi connectivity index (χ4v) is 1.79. The van der Waals surface area contributed by atoms with Crippen LogP contribution in [0.2, 0.25) is 0 Å². The van der Waals surface area contributed by atoms with Gasteiger partial charge in [0.25, 0.3) is 5.91 Å². The number of hydrogen-bond acceptors (Lipinski definition) is 2. The summed E-state index contributed by atoms with van der Waals surface area (Å²) in [5.41, 5.74) is 0.356. The molecule has 0 N–H and O–H groups in total. The summed E-state index contributed by atoms with van der Waals surface area (Å²) < 4.78 is 13.0. The number of carbonyl (C=O) groups excluding carboxylic acids is 1. The summed E-state index contributed by atoms with van der Waals surface area (Å²) in [6.45, 7) is 0.427.